The van der Waals surface area contributed by atoms with Crippen LogP contribution in [0.25, 0.3) is 5.57 Å². The zero-order chi connectivity index (χ0) is 22.0. The van der Waals surface area contributed by atoms with Crippen molar-refractivity contribution in [2.45, 2.75) is 19.6 Å². The van der Waals surface area contributed by atoms with Gasteiger partial charge in [0.25, 0.3) is 5.72 Å². The molecule has 3 aromatic rings. The lowest BCUT2D eigenvalue weighted by Gasteiger charge is -2.45. The number of aryl methyl sites for hydroxylation is 1. The molecule has 0 radical (unpaired) electrons. The molecular formula is C29H28NO2+. The Morgan fingerprint density at radius 3 is 2.22 bits per heavy atom. The average Bonchev–Trinajstić information content (AvgIpc) is 2.85. The van der Waals surface area contributed by atoms with Gasteiger partial charge >= 0.3 is 0 Å². The van der Waals surface area contributed by atoms with Gasteiger partial charge in [-0.1, -0.05) is 59.9 Å². The van der Waals surface area contributed by atoms with Gasteiger partial charge in [0.2, 0.25) is 0 Å². The molecule has 0 aromatic heterocycles. The molecule has 0 bridgehead atoms. The quantitative estimate of drug-likeness (QED) is 0.632. The predicted octanol–water partition coefficient (Wildman–Crippen LogP) is 3.98. The molecule has 0 unspecified atom stereocenters. The van der Waals surface area contributed by atoms with E-state index in [9.17, 15) is 0 Å². The largest absolute Gasteiger partial charge is 0.432 e. The topological polar surface area (TPSA) is 22.9 Å². The average molecular weight is 423 g/mol. The standard InChI is InChI=1S/C29H27NO2/c1-22-12-14-24(15-13-22)16-17-26-23(2)29(25-8-4-3-5-9-25,30-18-20-31-21-19-30)32-28-11-7-6-10-27(26)28/h3-15H,18-21H2,1-2H3/p+1/t29-/m0/s1. The second-order valence-electron chi connectivity index (χ2n) is 8.48. The number of quaternary nitrogens is 1. The number of para-hydroxylation sites is 1. The van der Waals surface area contributed by atoms with Crippen LogP contribution in [-0.4, -0.2) is 26.3 Å². The Kier molecular flexibility index (Phi) is 5.57. The highest BCUT2D eigenvalue weighted by atomic mass is 16.5. The number of fused-ring (bicyclic) bond motifs is 1. The van der Waals surface area contributed by atoms with Gasteiger partial charge in [0.1, 0.15) is 18.8 Å². The van der Waals surface area contributed by atoms with Crippen LogP contribution in [0.1, 0.15) is 29.2 Å². The first-order chi connectivity index (χ1) is 15.7. The lowest BCUT2D eigenvalue weighted by atomic mass is 9.84. The summed E-state index contributed by atoms with van der Waals surface area (Å²) in [4.78, 5) is 1.36. The van der Waals surface area contributed by atoms with Crippen molar-refractivity contribution < 1.29 is 14.4 Å². The second-order valence-corrected chi connectivity index (χ2v) is 8.48. The van der Waals surface area contributed by atoms with Crippen molar-refractivity contribution in [2.75, 3.05) is 26.3 Å². The molecule has 2 heterocycles. The van der Waals surface area contributed by atoms with E-state index in [1.807, 2.05) is 6.07 Å². The van der Waals surface area contributed by atoms with Crippen LogP contribution in [-0.2, 0) is 10.5 Å². The van der Waals surface area contributed by atoms with Crippen LogP contribution in [0.15, 0.2) is 84.4 Å². The van der Waals surface area contributed by atoms with Crippen molar-refractivity contribution in [3.05, 3.63) is 107 Å². The van der Waals surface area contributed by atoms with Crippen molar-refractivity contribution in [3.8, 4) is 17.6 Å². The third-order valence-corrected chi connectivity index (χ3v) is 6.48. The number of rotatable bonds is 2. The first-order valence-electron chi connectivity index (χ1n) is 11.3. The van der Waals surface area contributed by atoms with E-state index in [0.717, 1.165) is 59.9 Å². The number of morpholine rings is 1. The fourth-order valence-electron chi connectivity index (χ4n) is 4.77. The van der Waals surface area contributed by atoms with Gasteiger partial charge < -0.3 is 9.47 Å². The maximum atomic E-state index is 6.94. The van der Waals surface area contributed by atoms with Crippen LogP contribution in [0.4, 0.5) is 0 Å². The Hall–Kier alpha value is -3.32. The summed E-state index contributed by atoms with van der Waals surface area (Å²) < 4.78 is 12.6. The summed E-state index contributed by atoms with van der Waals surface area (Å²) in [5, 5.41) is 0. The fourth-order valence-corrected chi connectivity index (χ4v) is 4.77. The van der Waals surface area contributed by atoms with Crippen LogP contribution in [0, 0.1) is 18.8 Å². The number of allylic oxidation sites excluding steroid dienone is 1. The Morgan fingerprint density at radius 2 is 1.47 bits per heavy atom. The van der Waals surface area contributed by atoms with Crippen LogP contribution < -0.4 is 9.64 Å². The highest BCUT2D eigenvalue weighted by Crippen LogP contribution is 2.42. The maximum absolute atomic E-state index is 6.94. The molecule has 0 saturated carbocycles. The minimum atomic E-state index is -0.628. The molecule has 2 aliphatic heterocycles. The number of hydrogen-bond donors (Lipinski definition) is 1. The minimum Gasteiger partial charge on any atom is -0.432 e. The van der Waals surface area contributed by atoms with Gasteiger partial charge in [-0.25, -0.2) is 0 Å². The summed E-state index contributed by atoms with van der Waals surface area (Å²) in [5.41, 5.74) is 6.04. The second kappa shape index (κ2) is 8.67. The Bertz CT molecular complexity index is 1200. The number of nitrogens with one attached hydrogen (secondary N) is 1. The molecule has 0 spiro atoms. The van der Waals surface area contributed by atoms with Gasteiger partial charge in [0.05, 0.1) is 24.4 Å². The molecule has 32 heavy (non-hydrogen) atoms. The van der Waals surface area contributed by atoms with Crippen molar-refractivity contribution >= 4 is 5.57 Å². The van der Waals surface area contributed by atoms with E-state index in [1.54, 1.807) is 0 Å². The molecule has 0 amide bonds. The molecule has 1 atom stereocenters. The summed E-state index contributed by atoms with van der Waals surface area (Å²) >= 11 is 0. The number of ether oxygens (including phenoxy) is 2. The van der Waals surface area contributed by atoms with Crippen molar-refractivity contribution in [1.82, 2.24) is 0 Å². The Morgan fingerprint density at radius 1 is 0.781 bits per heavy atom. The van der Waals surface area contributed by atoms with Gasteiger partial charge in [0.15, 0.2) is 0 Å². The molecule has 1 fully saturated rings. The van der Waals surface area contributed by atoms with E-state index in [2.05, 4.69) is 98.5 Å². The van der Waals surface area contributed by atoms with Crippen LogP contribution in [0.5, 0.6) is 5.75 Å². The van der Waals surface area contributed by atoms with Gasteiger partial charge in [0, 0.05) is 16.7 Å². The maximum Gasteiger partial charge on any atom is 0.292 e. The molecule has 1 N–H and O–H groups in total. The van der Waals surface area contributed by atoms with Crippen molar-refractivity contribution in [2.24, 2.45) is 0 Å². The Balaban J connectivity index is 1.72. The number of benzene rings is 3. The van der Waals surface area contributed by atoms with E-state index in [4.69, 9.17) is 9.47 Å². The van der Waals surface area contributed by atoms with Crippen molar-refractivity contribution in [1.29, 1.82) is 0 Å². The van der Waals surface area contributed by atoms with E-state index in [1.165, 1.54) is 10.5 Å². The highest BCUT2D eigenvalue weighted by Gasteiger charge is 2.51. The molecule has 3 heteroatoms. The van der Waals surface area contributed by atoms with Gasteiger partial charge in [-0.05, 0) is 50.2 Å². The smallest absolute Gasteiger partial charge is 0.292 e. The molecule has 1 saturated heterocycles. The summed E-state index contributed by atoms with van der Waals surface area (Å²) in [6, 6.07) is 27.2. The van der Waals surface area contributed by atoms with E-state index in [0.29, 0.717) is 0 Å². The molecule has 3 aromatic carbocycles. The third kappa shape index (κ3) is 3.62. The summed E-state index contributed by atoms with van der Waals surface area (Å²) in [5.74, 6) is 7.82. The first kappa shape index (κ1) is 20.6. The fraction of sp³-hybridized carbons (Fsp3) is 0.241. The zero-order valence-corrected chi connectivity index (χ0v) is 18.7. The van der Waals surface area contributed by atoms with Crippen LogP contribution in [0.2, 0.25) is 0 Å². The van der Waals surface area contributed by atoms with Gasteiger partial charge in [-0.15, -0.1) is 0 Å². The van der Waals surface area contributed by atoms with Crippen LogP contribution in [0.3, 0.4) is 0 Å². The molecule has 160 valence electrons. The lowest BCUT2D eigenvalue weighted by Crippen LogP contribution is -3.21. The SMILES string of the molecule is CC1=C(C#Cc2ccc(C)cc2)c2ccccc2O[C@@]1(c1ccccc1)[NH+]1CCOCC1. The monoisotopic (exact) mass is 422 g/mol. The van der Waals surface area contributed by atoms with E-state index in [-0.39, 0.29) is 0 Å². The van der Waals surface area contributed by atoms with Gasteiger partial charge in [-0.2, -0.15) is 0 Å². The van der Waals surface area contributed by atoms with E-state index >= 15 is 0 Å². The molecule has 0 aliphatic carbocycles. The predicted molar refractivity (Wildman–Crippen MR) is 127 cm³/mol. The highest BCUT2D eigenvalue weighted by molar-refractivity contribution is 5.87. The Labute approximate surface area is 190 Å². The normalized spacial score (nSPS) is 20.7. The lowest BCUT2D eigenvalue weighted by molar-refractivity contribution is -0.982. The van der Waals surface area contributed by atoms with Gasteiger partial charge in [-0.3, -0.25) is 4.90 Å². The van der Waals surface area contributed by atoms with Crippen LogP contribution >= 0.6 is 0 Å². The summed E-state index contributed by atoms with van der Waals surface area (Å²) in [7, 11) is 0. The molecule has 5 rings (SSSR count). The molecule has 2 aliphatic rings. The molecule has 3 nitrogen and oxygen atoms in total. The minimum absolute atomic E-state index is 0.628. The zero-order valence-electron chi connectivity index (χ0n) is 18.7. The van der Waals surface area contributed by atoms with Crippen molar-refractivity contribution in [3.63, 3.8) is 0 Å². The first-order valence-corrected chi connectivity index (χ1v) is 11.3. The third-order valence-electron chi connectivity index (χ3n) is 6.48. The number of hydrogen-bond acceptors (Lipinski definition) is 2. The summed E-state index contributed by atoms with van der Waals surface area (Å²) in [6.07, 6.45) is 0. The summed E-state index contributed by atoms with van der Waals surface area (Å²) in [6.45, 7) is 7.50. The molecular weight excluding hydrogens is 394 g/mol. The van der Waals surface area contributed by atoms with E-state index < -0.39 is 5.72 Å².